The lowest BCUT2D eigenvalue weighted by atomic mass is 10.0. The molecule has 0 aliphatic carbocycles. The highest BCUT2D eigenvalue weighted by atomic mass is 32.2. The van der Waals surface area contributed by atoms with Crippen molar-refractivity contribution in [2.45, 2.75) is 19.4 Å². The number of anilines is 1. The van der Waals surface area contributed by atoms with Crippen molar-refractivity contribution in [1.82, 2.24) is 0 Å². The summed E-state index contributed by atoms with van der Waals surface area (Å²) in [4.78, 5) is 24.2. The van der Waals surface area contributed by atoms with E-state index >= 15 is 0 Å². The van der Waals surface area contributed by atoms with Crippen LogP contribution in [0.4, 0.5) is 5.69 Å². The second-order valence-corrected chi connectivity index (χ2v) is 8.59. The zero-order chi connectivity index (χ0) is 20.3. The van der Waals surface area contributed by atoms with Crippen LogP contribution in [-0.4, -0.2) is 39.1 Å². The summed E-state index contributed by atoms with van der Waals surface area (Å²) < 4.78 is 30.3. The number of sulfonamides is 1. The molecule has 0 bridgehead atoms. The van der Waals surface area contributed by atoms with E-state index in [2.05, 4.69) is 0 Å². The van der Waals surface area contributed by atoms with Crippen LogP contribution in [0.5, 0.6) is 0 Å². The summed E-state index contributed by atoms with van der Waals surface area (Å²) in [7, 11) is -3.38. The molecule has 0 N–H and O–H groups in total. The van der Waals surface area contributed by atoms with Gasteiger partial charge < -0.3 is 4.74 Å². The zero-order valence-corrected chi connectivity index (χ0v) is 16.5. The molecule has 0 radical (unpaired) electrons. The van der Waals surface area contributed by atoms with Crippen molar-refractivity contribution in [3.8, 4) is 0 Å². The Morgan fingerprint density at radius 3 is 2.57 bits per heavy atom. The Morgan fingerprint density at radius 2 is 1.89 bits per heavy atom. The lowest BCUT2D eigenvalue weighted by Crippen LogP contribution is -2.34. The molecule has 146 valence electrons. The van der Waals surface area contributed by atoms with Gasteiger partial charge in [-0.25, -0.2) is 13.2 Å². The fourth-order valence-electron chi connectivity index (χ4n) is 3.28. The number of benzene rings is 2. The van der Waals surface area contributed by atoms with Gasteiger partial charge >= 0.3 is 5.97 Å². The molecule has 1 heterocycles. The van der Waals surface area contributed by atoms with Crippen LogP contribution >= 0.6 is 0 Å². The van der Waals surface area contributed by atoms with Crippen molar-refractivity contribution in [2.75, 3.05) is 17.2 Å². The number of hydrogen-bond donors (Lipinski definition) is 0. The first kappa shape index (κ1) is 19.8. The van der Waals surface area contributed by atoms with Crippen LogP contribution in [0, 0.1) is 0 Å². The molecule has 7 heteroatoms. The topological polar surface area (TPSA) is 80.8 Å². The van der Waals surface area contributed by atoms with Crippen LogP contribution in [0.25, 0.3) is 6.08 Å². The molecule has 3 rings (SSSR count). The van der Waals surface area contributed by atoms with E-state index in [0.29, 0.717) is 17.7 Å². The third-order valence-electron chi connectivity index (χ3n) is 4.47. The van der Waals surface area contributed by atoms with Crippen LogP contribution in [-0.2, 0) is 26.0 Å². The minimum Gasteiger partial charge on any atom is -0.454 e. The monoisotopic (exact) mass is 399 g/mol. The summed E-state index contributed by atoms with van der Waals surface area (Å²) in [5.74, 6) is -0.940. The molecule has 1 atom stereocenters. The van der Waals surface area contributed by atoms with Crippen molar-refractivity contribution in [3.05, 3.63) is 71.3 Å². The lowest BCUT2D eigenvalue weighted by molar-refractivity contribution is -0.136. The minimum absolute atomic E-state index is 0.198. The van der Waals surface area contributed by atoms with Gasteiger partial charge in [-0.2, -0.15) is 0 Å². The predicted octanol–water partition coefficient (Wildman–Crippen LogP) is 2.84. The Labute approximate surface area is 164 Å². The summed E-state index contributed by atoms with van der Waals surface area (Å²) in [6, 6.07) is 13.9. The van der Waals surface area contributed by atoms with Gasteiger partial charge in [0.25, 0.3) is 0 Å². The predicted molar refractivity (Wildman–Crippen MR) is 108 cm³/mol. The van der Waals surface area contributed by atoms with Crippen LogP contribution in [0.3, 0.4) is 0 Å². The SMILES string of the molecule is C[C@H]1Cc2cc(C(=O)COC(=O)/C=C/c3ccccc3)ccc2N1S(C)(=O)=O. The fraction of sp³-hybridized carbons (Fsp3) is 0.238. The van der Waals surface area contributed by atoms with Crippen molar-refractivity contribution in [3.63, 3.8) is 0 Å². The van der Waals surface area contributed by atoms with Gasteiger partial charge in [-0.15, -0.1) is 0 Å². The second-order valence-electron chi connectivity index (χ2n) is 6.73. The Bertz CT molecular complexity index is 1030. The van der Waals surface area contributed by atoms with E-state index in [9.17, 15) is 18.0 Å². The van der Waals surface area contributed by atoms with E-state index in [0.717, 1.165) is 11.1 Å². The minimum atomic E-state index is -3.38. The summed E-state index contributed by atoms with van der Waals surface area (Å²) in [5.41, 5.74) is 2.63. The summed E-state index contributed by atoms with van der Waals surface area (Å²) in [6.45, 7) is 1.45. The molecule has 0 saturated heterocycles. The van der Waals surface area contributed by atoms with Crippen LogP contribution in [0.1, 0.15) is 28.4 Å². The summed E-state index contributed by atoms with van der Waals surface area (Å²) in [6.07, 6.45) is 4.59. The Balaban J connectivity index is 1.64. The van der Waals surface area contributed by atoms with Gasteiger partial charge in [-0.3, -0.25) is 9.10 Å². The molecule has 0 fully saturated rings. The van der Waals surface area contributed by atoms with Crippen molar-refractivity contribution >= 4 is 33.5 Å². The fourth-order valence-corrected chi connectivity index (χ4v) is 4.54. The van der Waals surface area contributed by atoms with Crippen LogP contribution in [0.2, 0.25) is 0 Å². The molecule has 0 amide bonds. The number of fused-ring (bicyclic) bond motifs is 1. The average molecular weight is 399 g/mol. The van der Waals surface area contributed by atoms with Gasteiger partial charge in [-0.1, -0.05) is 30.3 Å². The van der Waals surface area contributed by atoms with Gasteiger partial charge in [0.2, 0.25) is 10.0 Å². The number of carbonyl (C=O) groups excluding carboxylic acids is 2. The molecule has 0 unspecified atom stereocenters. The van der Waals surface area contributed by atoms with Gasteiger partial charge in [0.05, 0.1) is 11.9 Å². The van der Waals surface area contributed by atoms with Crippen molar-refractivity contribution < 1.29 is 22.7 Å². The molecular formula is C21H21NO5S. The summed E-state index contributed by atoms with van der Waals surface area (Å²) in [5, 5.41) is 0. The number of Topliss-reactive ketones (excluding diaryl/α,β-unsaturated/α-hetero) is 1. The zero-order valence-electron chi connectivity index (χ0n) is 15.7. The van der Waals surface area contributed by atoms with Crippen LogP contribution in [0.15, 0.2) is 54.6 Å². The van der Waals surface area contributed by atoms with E-state index in [1.807, 2.05) is 37.3 Å². The standard InChI is InChI=1S/C21H21NO5S/c1-15-12-18-13-17(9-10-19(18)22(15)28(2,25)26)20(23)14-27-21(24)11-8-16-6-4-3-5-7-16/h3-11,13,15H,12,14H2,1-2H3/b11-8+/t15-/m0/s1. The number of ketones is 1. The van der Waals surface area contributed by atoms with E-state index in [-0.39, 0.29) is 18.4 Å². The highest BCUT2D eigenvalue weighted by molar-refractivity contribution is 7.92. The maximum atomic E-state index is 12.4. The van der Waals surface area contributed by atoms with Crippen LogP contribution < -0.4 is 4.31 Å². The Morgan fingerprint density at radius 1 is 1.18 bits per heavy atom. The summed E-state index contributed by atoms with van der Waals surface area (Å²) >= 11 is 0. The lowest BCUT2D eigenvalue weighted by Gasteiger charge is -2.21. The molecule has 2 aromatic carbocycles. The molecule has 28 heavy (non-hydrogen) atoms. The number of esters is 1. The highest BCUT2D eigenvalue weighted by Gasteiger charge is 2.32. The second kappa shape index (κ2) is 7.98. The van der Waals surface area contributed by atoms with E-state index in [1.54, 1.807) is 24.3 Å². The van der Waals surface area contributed by atoms with Gasteiger partial charge in [0, 0.05) is 17.7 Å². The average Bonchev–Trinajstić information content (AvgIpc) is 3.00. The third kappa shape index (κ3) is 4.48. The van der Waals surface area contributed by atoms with Gasteiger partial charge in [0.1, 0.15) is 0 Å². The van der Waals surface area contributed by atoms with Gasteiger partial charge in [-0.05, 0) is 48.7 Å². The quantitative estimate of drug-likeness (QED) is 0.424. The van der Waals surface area contributed by atoms with E-state index in [1.165, 1.54) is 16.6 Å². The molecule has 6 nitrogen and oxygen atoms in total. The molecule has 2 aromatic rings. The normalized spacial score (nSPS) is 16.2. The number of ether oxygens (including phenoxy) is 1. The number of rotatable bonds is 6. The molecule has 0 saturated carbocycles. The number of hydrogen-bond acceptors (Lipinski definition) is 5. The van der Waals surface area contributed by atoms with E-state index < -0.39 is 16.0 Å². The highest BCUT2D eigenvalue weighted by Crippen LogP contribution is 2.34. The number of nitrogens with zero attached hydrogens (tertiary/aromatic N) is 1. The largest absolute Gasteiger partial charge is 0.454 e. The first-order valence-corrected chi connectivity index (χ1v) is 10.7. The molecule has 1 aliphatic rings. The molecule has 0 aromatic heterocycles. The third-order valence-corrected chi connectivity index (χ3v) is 5.74. The Hall–Kier alpha value is -2.93. The smallest absolute Gasteiger partial charge is 0.331 e. The Kier molecular flexibility index (Phi) is 5.65. The maximum absolute atomic E-state index is 12.4. The molecular weight excluding hydrogens is 378 g/mol. The van der Waals surface area contributed by atoms with Gasteiger partial charge in [0.15, 0.2) is 12.4 Å². The van der Waals surface area contributed by atoms with E-state index in [4.69, 9.17) is 4.74 Å². The molecule has 1 aliphatic heterocycles. The van der Waals surface area contributed by atoms with Crippen molar-refractivity contribution in [2.24, 2.45) is 0 Å². The first-order chi connectivity index (χ1) is 13.3. The maximum Gasteiger partial charge on any atom is 0.331 e. The number of carbonyl (C=O) groups is 2. The van der Waals surface area contributed by atoms with Crippen molar-refractivity contribution in [1.29, 1.82) is 0 Å². The first-order valence-electron chi connectivity index (χ1n) is 8.81. The molecule has 0 spiro atoms.